The zero-order valence-electron chi connectivity index (χ0n) is 9.43. The average Bonchev–Trinajstić information content (AvgIpc) is 2.35. The molecule has 0 radical (unpaired) electrons. The van der Waals surface area contributed by atoms with Crippen LogP contribution in [0.15, 0.2) is 34.9 Å². The molecule has 0 fully saturated rings. The molecule has 1 atom stereocenters. The minimum absolute atomic E-state index is 0.159. The predicted molar refractivity (Wildman–Crippen MR) is 73.5 cm³/mol. The van der Waals surface area contributed by atoms with Gasteiger partial charge in [-0.15, -0.1) is 0 Å². The normalized spacial score (nSPS) is 12.3. The second-order valence-electron chi connectivity index (χ2n) is 3.86. The Kier molecular flexibility index (Phi) is 3.78. The molecule has 0 amide bonds. The molecule has 0 aliphatic rings. The first kappa shape index (κ1) is 12.8. The van der Waals surface area contributed by atoms with Crippen LogP contribution in [0.1, 0.15) is 0 Å². The van der Waals surface area contributed by atoms with Crippen LogP contribution in [0.5, 0.6) is 0 Å². The maximum Gasteiger partial charge on any atom is 0.322 e. The summed E-state index contributed by atoms with van der Waals surface area (Å²) in [4.78, 5) is 14.9. The number of rotatable bonds is 4. The Morgan fingerprint density at radius 3 is 3.06 bits per heavy atom. The van der Waals surface area contributed by atoms with Crippen molar-refractivity contribution in [3.8, 4) is 0 Å². The van der Waals surface area contributed by atoms with Crippen LogP contribution in [-0.4, -0.2) is 28.6 Å². The van der Waals surface area contributed by atoms with E-state index >= 15 is 0 Å². The number of carboxylic acids is 1. The van der Waals surface area contributed by atoms with Gasteiger partial charge in [0.25, 0.3) is 0 Å². The third-order valence-corrected chi connectivity index (χ3v) is 2.94. The van der Waals surface area contributed by atoms with E-state index in [2.05, 4.69) is 26.2 Å². The number of nitrogens with one attached hydrogen (secondary N) is 1. The number of benzene rings is 1. The molecule has 0 bridgehead atoms. The Labute approximate surface area is 112 Å². The maximum absolute atomic E-state index is 10.6. The van der Waals surface area contributed by atoms with E-state index in [1.807, 2.05) is 24.3 Å². The summed E-state index contributed by atoms with van der Waals surface area (Å²) < 4.78 is 0.898. The molecule has 5 nitrogen and oxygen atoms in total. The molecule has 0 aliphatic heterocycles. The zero-order valence-corrected chi connectivity index (χ0v) is 11.0. The van der Waals surface area contributed by atoms with Gasteiger partial charge in [-0.25, -0.2) is 0 Å². The molecule has 2 aromatic rings. The van der Waals surface area contributed by atoms with Gasteiger partial charge in [0.15, 0.2) is 0 Å². The molecule has 2 rings (SSSR count). The smallest absolute Gasteiger partial charge is 0.322 e. The van der Waals surface area contributed by atoms with Gasteiger partial charge in [0.1, 0.15) is 6.04 Å². The number of aromatic nitrogens is 1. The molecule has 1 aromatic carbocycles. The van der Waals surface area contributed by atoms with Crippen molar-refractivity contribution >= 4 is 38.5 Å². The highest BCUT2D eigenvalue weighted by Crippen LogP contribution is 2.23. The van der Waals surface area contributed by atoms with Gasteiger partial charge in [-0.1, -0.05) is 12.1 Å². The number of carbonyl (C=O) groups is 1. The van der Waals surface area contributed by atoms with Crippen LogP contribution in [0.3, 0.4) is 0 Å². The summed E-state index contributed by atoms with van der Waals surface area (Å²) in [6.45, 7) is 0.159. The molecule has 1 aromatic heterocycles. The van der Waals surface area contributed by atoms with Crippen molar-refractivity contribution in [2.75, 3.05) is 11.9 Å². The van der Waals surface area contributed by atoms with Crippen LogP contribution in [-0.2, 0) is 4.79 Å². The first-order valence-corrected chi connectivity index (χ1v) is 6.14. The van der Waals surface area contributed by atoms with Crippen molar-refractivity contribution in [3.63, 3.8) is 0 Å². The van der Waals surface area contributed by atoms with Gasteiger partial charge in [-0.3, -0.25) is 9.78 Å². The summed E-state index contributed by atoms with van der Waals surface area (Å²) >= 11 is 3.36. The lowest BCUT2D eigenvalue weighted by molar-refractivity contribution is -0.138. The summed E-state index contributed by atoms with van der Waals surface area (Å²) in [7, 11) is 0. The quantitative estimate of drug-likeness (QED) is 0.802. The summed E-state index contributed by atoms with van der Waals surface area (Å²) in [5.74, 6) is -1.03. The summed E-state index contributed by atoms with van der Waals surface area (Å²) in [5, 5.41) is 12.7. The van der Waals surface area contributed by atoms with Crippen molar-refractivity contribution < 1.29 is 9.90 Å². The van der Waals surface area contributed by atoms with Gasteiger partial charge >= 0.3 is 5.97 Å². The molecule has 0 aliphatic carbocycles. The number of nitrogens with zero attached hydrogens (tertiary/aromatic N) is 1. The van der Waals surface area contributed by atoms with Crippen LogP contribution in [0.25, 0.3) is 10.9 Å². The van der Waals surface area contributed by atoms with E-state index in [-0.39, 0.29) is 6.54 Å². The van der Waals surface area contributed by atoms with Crippen LogP contribution in [0.2, 0.25) is 0 Å². The van der Waals surface area contributed by atoms with Crippen molar-refractivity contribution in [2.45, 2.75) is 6.04 Å². The summed E-state index contributed by atoms with van der Waals surface area (Å²) in [6.07, 6.45) is 1.70. The minimum atomic E-state index is -1.03. The van der Waals surface area contributed by atoms with E-state index in [0.29, 0.717) is 0 Å². The number of fused-ring (bicyclic) bond motifs is 1. The number of pyridine rings is 1. The Morgan fingerprint density at radius 1 is 1.56 bits per heavy atom. The molecule has 6 heteroatoms. The predicted octanol–water partition coefficient (Wildman–Crippen LogP) is 1.82. The van der Waals surface area contributed by atoms with Crippen LogP contribution < -0.4 is 11.1 Å². The second kappa shape index (κ2) is 5.32. The highest BCUT2D eigenvalue weighted by molar-refractivity contribution is 9.10. The number of hydrogen-bond acceptors (Lipinski definition) is 4. The number of nitrogens with two attached hydrogens (primary N) is 1. The van der Waals surface area contributed by atoms with Gasteiger partial charge < -0.3 is 16.2 Å². The molecule has 94 valence electrons. The van der Waals surface area contributed by atoms with E-state index in [0.717, 1.165) is 21.1 Å². The number of aliphatic carboxylic acids is 1. The topological polar surface area (TPSA) is 88.2 Å². The molecule has 4 N–H and O–H groups in total. The average molecular weight is 310 g/mol. The molecule has 0 saturated heterocycles. The van der Waals surface area contributed by atoms with Crippen molar-refractivity contribution in [3.05, 3.63) is 34.9 Å². The van der Waals surface area contributed by atoms with E-state index in [1.165, 1.54) is 0 Å². The Hall–Kier alpha value is -1.66. The van der Waals surface area contributed by atoms with E-state index in [1.54, 1.807) is 6.20 Å². The van der Waals surface area contributed by atoms with Gasteiger partial charge in [0.2, 0.25) is 0 Å². The van der Waals surface area contributed by atoms with Crippen molar-refractivity contribution in [2.24, 2.45) is 5.73 Å². The van der Waals surface area contributed by atoms with Gasteiger partial charge in [0, 0.05) is 22.6 Å². The number of halogens is 1. The van der Waals surface area contributed by atoms with Crippen molar-refractivity contribution in [1.29, 1.82) is 0 Å². The SMILES string of the molecule is NC(CNc1cccc2cc(Br)cnc12)C(=O)O. The van der Waals surface area contributed by atoms with Gasteiger partial charge in [0.05, 0.1) is 11.2 Å². The minimum Gasteiger partial charge on any atom is -0.480 e. The second-order valence-corrected chi connectivity index (χ2v) is 4.77. The lowest BCUT2D eigenvalue weighted by Crippen LogP contribution is -2.36. The fraction of sp³-hybridized carbons (Fsp3) is 0.167. The molecule has 18 heavy (non-hydrogen) atoms. The Bertz CT molecular complexity index is 589. The summed E-state index contributed by atoms with van der Waals surface area (Å²) in [6, 6.07) is 6.68. The number of carboxylic acid groups (broad SMARTS) is 1. The summed E-state index contributed by atoms with van der Waals surface area (Å²) in [5.41, 5.74) is 7.01. The largest absolute Gasteiger partial charge is 0.480 e. The fourth-order valence-corrected chi connectivity index (χ4v) is 1.93. The molecule has 0 saturated carbocycles. The van der Waals surface area contributed by atoms with Crippen LogP contribution >= 0.6 is 15.9 Å². The number of para-hydroxylation sites is 1. The third kappa shape index (κ3) is 2.77. The van der Waals surface area contributed by atoms with Crippen molar-refractivity contribution in [1.82, 2.24) is 4.98 Å². The monoisotopic (exact) mass is 309 g/mol. The van der Waals surface area contributed by atoms with Crippen LogP contribution in [0.4, 0.5) is 5.69 Å². The maximum atomic E-state index is 10.6. The number of hydrogen-bond donors (Lipinski definition) is 3. The highest BCUT2D eigenvalue weighted by Gasteiger charge is 2.11. The van der Waals surface area contributed by atoms with E-state index in [9.17, 15) is 4.79 Å². The van der Waals surface area contributed by atoms with Crippen LogP contribution in [0, 0.1) is 0 Å². The molecule has 1 unspecified atom stereocenters. The third-order valence-electron chi connectivity index (χ3n) is 2.51. The fourth-order valence-electron chi connectivity index (χ4n) is 1.58. The van der Waals surface area contributed by atoms with Gasteiger partial charge in [-0.2, -0.15) is 0 Å². The lowest BCUT2D eigenvalue weighted by Gasteiger charge is -2.11. The molecular weight excluding hydrogens is 298 g/mol. The Morgan fingerprint density at radius 2 is 2.33 bits per heavy atom. The standard InChI is InChI=1S/C12H12BrN3O2/c13-8-4-7-2-1-3-10(11(7)16-5-8)15-6-9(14)12(17)18/h1-5,9,15H,6,14H2,(H,17,18). The number of anilines is 1. The lowest BCUT2D eigenvalue weighted by atomic mass is 10.2. The Balaban J connectivity index is 2.26. The first-order valence-electron chi connectivity index (χ1n) is 5.34. The van der Waals surface area contributed by atoms with E-state index < -0.39 is 12.0 Å². The van der Waals surface area contributed by atoms with E-state index in [4.69, 9.17) is 10.8 Å². The molecular formula is C12H12BrN3O2. The molecule has 1 heterocycles. The first-order chi connectivity index (χ1) is 8.58. The molecule has 0 spiro atoms. The highest BCUT2D eigenvalue weighted by atomic mass is 79.9. The zero-order chi connectivity index (χ0) is 13.1. The van der Waals surface area contributed by atoms with Gasteiger partial charge in [-0.05, 0) is 28.1 Å².